The standard InChI is InChI=1S/C25H23ClN8O/c1-27-22-21-17(14-4-6-15(7-5-14)19-10-11-29-33-19)13-28-23(21)32-25(31-22)30-20-9-8-16(12-18(20)26)24(35)34(2)3/h4-9,11-13H,10H2,1-3H3,(H3,27,28,30,31,32). The number of halogens is 1. The summed E-state index contributed by atoms with van der Waals surface area (Å²) in [4.78, 5) is 26.3. The number of carbonyl (C=O) groups excluding carboxylic acids is 1. The lowest BCUT2D eigenvalue weighted by atomic mass is 10.0. The van der Waals surface area contributed by atoms with E-state index >= 15 is 0 Å². The summed E-state index contributed by atoms with van der Waals surface area (Å²) in [6, 6.07) is 13.3. The molecular formula is C25H23ClN8O. The second-order valence-electron chi connectivity index (χ2n) is 8.22. The van der Waals surface area contributed by atoms with Gasteiger partial charge in [0.25, 0.3) is 5.91 Å². The number of carbonyl (C=O) groups is 1. The van der Waals surface area contributed by atoms with Crippen LogP contribution in [0.15, 0.2) is 58.9 Å². The minimum Gasteiger partial charge on any atom is -0.372 e. The molecule has 2 aromatic heterocycles. The molecule has 0 atom stereocenters. The molecule has 4 aromatic rings. The van der Waals surface area contributed by atoms with Crippen molar-refractivity contribution in [1.82, 2.24) is 19.9 Å². The molecule has 0 saturated heterocycles. The van der Waals surface area contributed by atoms with Gasteiger partial charge in [0.2, 0.25) is 5.95 Å². The molecule has 1 aliphatic rings. The third-order valence-corrected chi connectivity index (χ3v) is 6.02. The summed E-state index contributed by atoms with van der Waals surface area (Å²) in [5.41, 5.74) is 5.81. The van der Waals surface area contributed by atoms with Crippen molar-refractivity contribution in [1.29, 1.82) is 0 Å². The summed E-state index contributed by atoms with van der Waals surface area (Å²) in [5.74, 6) is 0.922. The highest BCUT2D eigenvalue weighted by atomic mass is 35.5. The van der Waals surface area contributed by atoms with E-state index in [0.29, 0.717) is 33.7 Å². The number of amides is 1. The third kappa shape index (κ3) is 4.33. The van der Waals surface area contributed by atoms with Gasteiger partial charge in [-0.05, 0) is 29.3 Å². The van der Waals surface area contributed by atoms with Gasteiger partial charge in [0.05, 0.1) is 21.8 Å². The van der Waals surface area contributed by atoms with Gasteiger partial charge in [-0.2, -0.15) is 20.2 Å². The van der Waals surface area contributed by atoms with E-state index in [2.05, 4.69) is 47.9 Å². The van der Waals surface area contributed by atoms with Gasteiger partial charge in [-0.15, -0.1) is 0 Å². The highest BCUT2D eigenvalue weighted by Crippen LogP contribution is 2.34. The van der Waals surface area contributed by atoms with E-state index in [4.69, 9.17) is 11.6 Å². The van der Waals surface area contributed by atoms with Crippen molar-refractivity contribution in [3.63, 3.8) is 0 Å². The summed E-state index contributed by atoms with van der Waals surface area (Å²) >= 11 is 6.44. The summed E-state index contributed by atoms with van der Waals surface area (Å²) < 4.78 is 0. The number of nitrogens with zero attached hydrogens (tertiary/aromatic N) is 5. The van der Waals surface area contributed by atoms with E-state index in [1.54, 1.807) is 38.5 Å². The van der Waals surface area contributed by atoms with E-state index in [1.807, 2.05) is 25.4 Å². The van der Waals surface area contributed by atoms with Crippen molar-refractivity contribution in [2.75, 3.05) is 31.8 Å². The Morgan fingerprint density at radius 1 is 1.09 bits per heavy atom. The maximum atomic E-state index is 12.2. The first-order chi connectivity index (χ1) is 16.9. The maximum absolute atomic E-state index is 12.2. The highest BCUT2D eigenvalue weighted by molar-refractivity contribution is 6.33. The van der Waals surface area contributed by atoms with Crippen LogP contribution >= 0.6 is 11.6 Å². The Labute approximate surface area is 207 Å². The Morgan fingerprint density at radius 3 is 2.51 bits per heavy atom. The number of rotatable bonds is 6. The van der Waals surface area contributed by atoms with Crippen LogP contribution < -0.4 is 10.6 Å². The summed E-state index contributed by atoms with van der Waals surface area (Å²) in [6.07, 6.45) is 4.47. The van der Waals surface area contributed by atoms with Crippen LogP contribution in [-0.4, -0.2) is 58.8 Å². The van der Waals surface area contributed by atoms with Crippen LogP contribution in [0.4, 0.5) is 17.5 Å². The van der Waals surface area contributed by atoms with Gasteiger partial charge >= 0.3 is 0 Å². The Morgan fingerprint density at radius 2 is 1.86 bits per heavy atom. The lowest BCUT2D eigenvalue weighted by molar-refractivity contribution is 0.0827. The molecule has 9 nitrogen and oxygen atoms in total. The summed E-state index contributed by atoms with van der Waals surface area (Å²) in [7, 11) is 5.21. The average molecular weight is 487 g/mol. The minimum atomic E-state index is -0.120. The average Bonchev–Trinajstić information content (AvgIpc) is 3.55. The first-order valence-electron chi connectivity index (χ1n) is 11.0. The Bertz CT molecular complexity index is 1490. The predicted molar refractivity (Wildman–Crippen MR) is 141 cm³/mol. The zero-order valence-electron chi connectivity index (χ0n) is 19.4. The van der Waals surface area contributed by atoms with E-state index in [-0.39, 0.29) is 5.91 Å². The molecule has 0 fully saturated rings. The lowest BCUT2D eigenvalue weighted by Crippen LogP contribution is -2.21. The second kappa shape index (κ2) is 9.19. The maximum Gasteiger partial charge on any atom is 0.253 e. The lowest BCUT2D eigenvalue weighted by Gasteiger charge is -2.13. The predicted octanol–water partition coefficient (Wildman–Crippen LogP) is 4.94. The zero-order valence-corrected chi connectivity index (χ0v) is 20.2. The van der Waals surface area contributed by atoms with Crippen molar-refractivity contribution < 1.29 is 4.79 Å². The van der Waals surface area contributed by atoms with Gasteiger partial charge in [-0.25, -0.2) is 0 Å². The van der Waals surface area contributed by atoms with Crippen molar-refractivity contribution in [3.05, 3.63) is 64.8 Å². The number of H-pyrrole nitrogens is 1. The molecule has 1 aliphatic heterocycles. The first kappa shape index (κ1) is 22.5. The second-order valence-corrected chi connectivity index (χ2v) is 8.62. The number of fused-ring (bicyclic) bond motifs is 1. The Kier molecular flexibility index (Phi) is 5.92. The fourth-order valence-corrected chi connectivity index (χ4v) is 4.15. The largest absolute Gasteiger partial charge is 0.372 e. The Balaban J connectivity index is 1.45. The molecule has 0 bridgehead atoms. The van der Waals surface area contributed by atoms with Crippen molar-refractivity contribution >= 4 is 57.9 Å². The fraction of sp³-hybridized carbons (Fsp3) is 0.160. The van der Waals surface area contributed by atoms with Crippen LogP contribution in [0.1, 0.15) is 22.3 Å². The molecule has 2 aromatic carbocycles. The molecule has 0 unspecified atom stereocenters. The minimum absolute atomic E-state index is 0.120. The topological polar surface area (TPSA) is 111 Å². The Hall–Kier alpha value is -4.24. The van der Waals surface area contributed by atoms with Gasteiger partial charge in [-0.3, -0.25) is 4.79 Å². The van der Waals surface area contributed by atoms with Crippen LogP contribution in [-0.2, 0) is 0 Å². The normalized spacial score (nSPS) is 12.6. The molecule has 0 radical (unpaired) electrons. The van der Waals surface area contributed by atoms with Crippen molar-refractivity contribution in [2.24, 2.45) is 10.2 Å². The van der Waals surface area contributed by atoms with Crippen LogP contribution in [0, 0.1) is 0 Å². The zero-order chi connectivity index (χ0) is 24.5. The molecule has 0 spiro atoms. The van der Waals surface area contributed by atoms with Crippen LogP contribution in [0.5, 0.6) is 0 Å². The molecule has 3 N–H and O–H groups in total. The molecule has 1 amide bonds. The monoisotopic (exact) mass is 486 g/mol. The molecule has 3 heterocycles. The summed E-state index contributed by atoms with van der Waals surface area (Å²) in [6.45, 7) is 0. The molecule has 0 saturated carbocycles. The number of aromatic nitrogens is 3. The van der Waals surface area contributed by atoms with Gasteiger partial charge in [0.15, 0.2) is 0 Å². The van der Waals surface area contributed by atoms with Gasteiger partial charge < -0.3 is 20.5 Å². The smallest absolute Gasteiger partial charge is 0.253 e. The molecule has 5 rings (SSSR count). The number of aromatic amines is 1. The van der Waals surface area contributed by atoms with Gasteiger partial charge in [0, 0.05) is 51.1 Å². The molecule has 35 heavy (non-hydrogen) atoms. The van der Waals surface area contributed by atoms with Gasteiger partial charge in [0.1, 0.15) is 11.5 Å². The number of hydrogen-bond donors (Lipinski definition) is 3. The third-order valence-electron chi connectivity index (χ3n) is 5.71. The SMILES string of the molecule is CNc1nc(Nc2ccc(C(=O)N(C)C)cc2Cl)nc2[nH]cc(-c3ccc(C4=NN=CC4)cc3)c12. The van der Waals surface area contributed by atoms with Crippen molar-refractivity contribution in [2.45, 2.75) is 6.42 Å². The number of hydrogen-bond acceptors (Lipinski definition) is 7. The molecule has 10 heteroatoms. The number of benzene rings is 2. The summed E-state index contributed by atoms with van der Waals surface area (Å²) in [5, 5.41) is 15.7. The van der Waals surface area contributed by atoms with Gasteiger partial charge in [-0.1, -0.05) is 35.9 Å². The number of anilines is 3. The van der Waals surface area contributed by atoms with E-state index < -0.39 is 0 Å². The van der Waals surface area contributed by atoms with E-state index in [1.165, 1.54) is 4.90 Å². The highest BCUT2D eigenvalue weighted by Gasteiger charge is 2.17. The quantitative estimate of drug-likeness (QED) is 0.357. The van der Waals surface area contributed by atoms with E-state index in [9.17, 15) is 4.79 Å². The molecule has 176 valence electrons. The van der Waals surface area contributed by atoms with Crippen LogP contribution in [0.25, 0.3) is 22.2 Å². The van der Waals surface area contributed by atoms with Crippen LogP contribution in [0.3, 0.4) is 0 Å². The van der Waals surface area contributed by atoms with E-state index in [0.717, 1.165) is 34.2 Å². The fourth-order valence-electron chi connectivity index (χ4n) is 3.92. The molecular weight excluding hydrogens is 464 g/mol. The van der Waals surface area contributed by atoms with Crippen LogP contribution in [0.2, 0.25) is 5.02 Å². The first-order valence-corrected chi connectivity index (χ1v) is 11.4. The molecule has 0 aliphatic carbocycles. The van der Waals surface area contributed by atoms with Crippen molar-refractivity contribution in [3.8, 4) is 11.1 Å². The number of nitrogens with one attached hydrogen (secondary N) is 3.